The zero-order valence-electron chi connectivity index (χ0n) is 80.1. The number of likely N-dealkylation sites (N-methyl/N-ethyl adjacent to an activating group) is 3. The zero-order valence-corrected chi connectivity index (χ0v) is 80.1. The van der Waals surface area contributed by atoms with Crippen LogP contribution in [-0.2, 0) is 19.2 Å². The molecule has 1 aliphatic rings. The van der Waals surface area contributed by atoms with Crippen LogP contribution < -0.4 is 37.9 Å². The molecule has 0 saturated carbocycles. The van der Waals surface area contributed by atoms with Crippen molar-refractivity contribution in [2.75, 3.05) is 110 Å². The van der Waals surface area contributed by atoms with Crippen LogP contribution in [0.15, 0.2) is 292 Å². The predicted octanol–water partition coefficient (Wildman–Crippen LogP) is 16.8. The number of nitriles is 1. The molecule has 0 aliphatic carbocycles. The van der Waals surface area contributed by atoms with E-state index < -0.39 is 0 Å². The van der Waals surface area contributed by atoms with E-state index in [1.165, 1.54) is 60.3 Å². The first-order chi connectivity index (χ1) is 70.1. The van der Waals surface area contributed by atoms with Crippen LogP contribution >= 0.6 is 0 Å². The summed E-state index contributed by atoms with van der Waals surface area (Å²) in [5, 5.41) is 52.5. The second-order valence-electron chi connectivity index (χ2n) is 32.1. The fraction of sp³-hybridized carbons (Fsp3) is 0.170. The van der Waals surface area contributed by atoms with E-state index in [1.807, 2.05) is 175 Å². The van der Waals surface area contributed by atoms with Gasteiger partial charge in [0, 0.05) is 161 Å². The summed E-state index contributed by atoms with van der Waals surface area (Å²) in [4.78, 5) is 82.5. The summed E-state index contributed by atoms with van der Waals surface area (Å²) in [5.74, 6) is 2.36. The molecular formula is C106H100F2N24O12. The monoisotopic (exact) mass is 1940 g/mol. The van der Waals surface area contributed by atoms with E-state index in [2.05, 4.69) is 102 Å². The summed E-state index contributed by atoms with van der Waals surface area (Å²) in [6.45, 7) is 1.64. The second kappa shape index (κ2) is 49.9. The number of rotatable bonds is 28. The highest BCUT2D eigenvalue weighted by atomic mass is 19.1. The highest BCUT2D eigenvalue weighted by Gasteiger charge is 2.24. The number of H-pyrrole nitrogens is 6. The topological polar surface area (TPSA) is 441 Å². The summed E-state index contributed by atoms with van der Waals surface area (Å²) in [6, 6.07) is 75.1. The van der Waals surface area contributed by atoms with Gasteiger partial charge < -0.3 is 57.5 Å². The van der Waals surface area contributed by atoms with Crippen molar-refractivity contribution in [1.29, 1.82) is 5.26 Å². The molecule has 19 rings (SSSR count). The lowest BCUT2D eigenvalue weighted by Crippen LogP contribution is -2.32. The Morgan fingerprint density at radius 3 is 0.931 bits per heavy atom. The molecule has 7 aromatic carbocycles. The number of nitrogens with one attached hydrogen (secondary N) is 6. The van der Waals surface area contributed by atoms with Gasteiger partial charge in [-0.25, -0.2) is 18.7 Å². The Labute approximate surface area is 826 Å². The van der Waals surface area contributed by atoms with Crippen molar-refractivity contribution in [3.63, 3.8) is 0 Å². The molecular weight excluding hydrogens is 1840 g/mol. The number of carbonyl (C=O) groups is 4. The van der Waals surface area contributed by atoms with Crippen molar-refractivity contribution in [3.8, 4) is 188 Å². The van der Waals surface area contributed by atoms with Gasteiger partial charge in [-0.1, -0.05) is 84.9 Å². The average Bonchev–Trinajstić information content (AvgIpc) is 1.72. The summed E-state index contributed by atoms with van der Waals surface area (Å²) in [5.41, 5.74) is 19.4. The van der Waals surface area contributed by atoms with Gasteiger partial charge in [-0.05, 0) is 171 Å². The number of amides is 4. The summed E-state index contributed by atoms with van der Waals surface area (Å²) in [6.07, 6.45) is 15.8. The Balaban J connectivity index is 0.000000137. The van der Waals surface area contributed by atoms with Gasteiger partial charge in [0.1, 0.15) is 34.6 Å². The lowest BCUT2D eigenvalue weighted by Gasteiger charge is -2.16. The average molecular weight is 1940 g/mol. The number of halogens is 2. The number of hydrogen-bond acceptors (Lipinski definition) is 26. The van der Waals surface area contributed by atoms with Gasteiger partial charge in [0.25, 0.3) is 23.6 Å². The minimum absolute atomic E-state index is 0.00634. The fourth-order valence-corrected chi connectivity index (χ4v) is 14.0. The first kappa shape index (κ1) is 101. The number of ether oxygens (including phenoxy) is 8. The lowest BCUT2D eigenvalue weighted by atomic mass is 10.1. The Hall–Kier alpha value is -19.0. The molecule has 18 aromatic rings. The fourth-order valence-electron chi connectivity index (χ4n) is 14.0. The van der Waals surface area contributed by atoms with Crippen LogP contribution in [0.25, 0.3) is 135 Å². The molecule has 730 valence electrons. The molecule has 36 nitrogen and oxygen atoms in total. The molecule has 0 spiro atoms. The van der Waals surface area contributed by atoms with Gasteiger partial charge in [-0.2, -0.15) is 45.8 Å². The lowest BCUT2D eigenvalue weighted by molar-refractivity contribution is -0.132. The molecule has 144 heavy (non-hydrogen) atoms. The van der Waals surface area contributed by atoms with E-state index in [9.17, 15) is 28.0 Å². The highest BCUT2D eigenvalue weighted by molar-refractivity contribution is 5.83. The molecule has 6 N–H and O–H groups in total. The Morgan fingerprint density at radius 1 is 0.340 bits per heavy atom. The van der Waals surface area contributed by atoms with E-state index >= 15 is 0 Å². The number of likely N-dealkylation sites (tertiary alicyclic amines) is 1. The normalized spacial score (nSPS) is 11.0. The zero-order chi connectivity index (χ0) is 101. The molecule has 12 heterocycles. The third-order valence-electron chi connectivity index (χ3n) is 21.8. The minimum Gasteiger partial charge on any atom is -0.483 e. The minimum atomic E-state index is -0.313. The van der Waals surface area contributed by atoms with Gasteiger partial charge in [0.15, 0.2) is 26.4 Å². The van der Waals surface area contributed by atoms with Crippen LogP contribution in [0.2, 0.25) is 0 Å². The molecule has 1 fully saturated rings. The van der Waals surface area contributed by atoms with E-state index in [0.29, 0.717) is 79.7 Å². The van der Waals surface area contributed by atoms with Gasteiger partial charge in [0.05, 0.1) is 120 Å². The quantitative estimate of drug-likeness (QED) is 0.0265. The van der Waals surface area contributed by atoms with Gasteiger partial charge in [-0.15, -0.1) is 0 Å². The van der Waals surface area contributed by atoms with Crippen LogP contribution in [0.5, 0.6) is 46.8 Å². The number of nitrogens with zero attached hydrogens (tertiary/aromatic N) is 18. The van der Waals surface area contributed by atoms with Crippen molar-refractivity contribution < 1.29 is 65.9 Å². The van der Waals surface area contributed by atoms with Crippen molar-refractivity contribution in [2.45, 2.75) is 12.8 Å². The standard InChI is InChI=1S/C20H20N4O2.C20H18N4O2.C19H18FN3O2.C18H18N4O2.C15H13FN4O2.C14H13N5O2/c25-20(24-10-3-4-11-24)14-26-19-8-2-1-7-16(19)18-12-17(22-23-18)15-6-5-9-21-13-15;1-24(2)20(25)13-26-19-6-4-3-5-16(19)18-11-17(22-23-18)15-9-7-14(12-21)8-10-15;1-23(2)19(24)12-25-18-9-4-3-8-15(18)17-11-16(21-22-17)13-6-5-7-14(20)10-13;1-22(2)18(23)12-24-17-8-4-3-7-14(17)16-10-15(20-21-16)13-6-5-9-19-11-13;1-21-14-11(8-17-15(18-14)22-2)13-7-12(19-20-13)9-4-3-5-10(16)6-9;1-20-13-10(8-16-14(17-13)21-2)12-6-11(18-19-12)9-4-3-5-15-7-9/h1-2,5-9,12-13H,3-4,10-11,14H2,(H,22,23);3-11H,13H2,1-2H3,(H,22,23);3-11H,12H2,1-2H3,(H,21,22);3-11H,12H2,1-2H3,(H,20,21);3-8H,1-2H3,(H,19,20);3-8H,1-2H3,(H,18,19). The van der Waals surface area contributed by atoms with E-state index in [1.54, 1.807) is 148 Å². The van der Waals surface area contributed by atoms with E-state index in [4.69, 9.17) is 43.2 Å². The molecule has 0 bridgehead atoms. The molecule has 11 aromatic heterocycles. The van der Waals surface area contributed by atoms with Gasteiger partial charge >= 0.3 is 12.0 Å². The molecule has 1 aliphatic heterocycles. The third-order valence-corrected chi connectivity index (χ3v) is 21.8. The number of benzene rings is 7. The molecule has 1 saturated heterocycles. The number of pyridine rings is 3. The predicted molar refractivity (Wildman–Crippen MR) is 536 cm³/mol. The van der Waals surface area contributed by atoms with Crippen LogP contribution in [0.3, 0.4) is 0 Å². The number of aromatic amines is 6. The smallest absolute Gasteiger partial charge is 0.319 e. The maximum atomic E-state index is 13.4. The SMILES string of the molecule is CN(C)C(=O)COc1ccccc1-c1cc(-c2ccc(C#N)cc2)n[nH]1.CN(C)C(=O)COc1ccccc1-c1cc(-c2cccc(F)c2)n[nH]1.CN(C)C(=O)COc1ccccc1-c1cc(-c2cccnc2)n[nH]1.COc1ncc(-c2cc(-c3cccc(F)c3)n[nH]2)c(OC)n1.COc1ncc(-c2cc(-c3cccnc3)n[nH]2)c(OC)n1.O=C(COc1ccccc1-c1cc(-c2cccnc2)n[nH]1)N1CCCC1. The maximum Gasteiger partial charge on any atom is 0.319 e. The van der Waals surface area contributed by atoms with Crippen LogP contribution in [-0.4, -0.2) is 250 Å². The number of carbonyl (C=O) groups excluding carboxylic acids is 4. The number of aromatic nitrogens is 19. The largest absolute Gasteiger partial charge is 0.483 e. The Kier molecular flexibility index (Phi) is 35.0. The van der Waals surface area contributed by atoms with Gasteiger partial charge in [0.2, 0.25) is 11.8 Å². The molecule has 0 radical (unpaired) electrons. The van der Waals surface area contributed by atoms with Crippen LogP contribution in [0.1, 0.15) is 18.4 Å². The molecule has 38 heteroatoms. The first-order valence-electron chi connectivity index (χ1n) is 44.9. The summed E-state index contributed by atoms with van der Waals surface area (Å²) in [7, 11) is 16.2. The van der Waals surface area contributed by atoms with Gasteiger partial charge in [-0.3, -0.25) is 64.7 Å². The molecule has 0 atom stereocenters. The molecule has 4 amide bonds. The second-order valence-corrected chi connectivity index (χ2v) is 32.1. The summed E-state index contributed by atoms with van der Waals surface area (Å²) >= 11 is 0. The van der Waals surface area contributed by atoms with Crippen molar-refractivity contribution in [2.24, 2.45) is 0 Å². The maximum absolute atomic E-state index is 13.4. The number of para-hydroxylation sites is 4. The van der Waals surface area contributed by atoms with E-state index in [-0.39, 0.29) is 73.7 Å². The number of methoxy groups -OCH3 is 4. The van der Waals surface area contributed by atoms with Crippen LogP contribution in [0, 0.1) is 23.0 Å². The third kappa shape index (κ3) is 27.1. The van der Waals surface area contributed by atoms with Crippen molar-refractivity contribution in [1.82, 2.24) is 116 Å². The Bertz CT molecular complexity index is 7330. The van der Waals surface area contributed by atoms with Crippen molar-refractivity contribution >= 4 is 23.6 Å². The highest BCUT2D eigenvalue weighted by Crippen LogP contribution is 2.38. The van der Waals surface area contributed by atoms with Crippen LogP contribution in [0.4, 0.5) is 8.78 Å². The number of hydrogen-bond donors (Lipinski definition) is 6. The summed E-state index contributed by atoms with van der Waals surface area (Å²) < 4.78 is 70.0. The first-order valence-corrected chi connectivity index (χ1v) is 44.9. The molecule has 0 unspecified atom stereocenters. The Morgan fingerprint density at radius 2 is 0.639 bits per heavy atom. The van der Waals surface area contributed by atoms with E-state index in [0.717, 1.165) is 122 Å². The van der Waals surface area contributed by atoms with Crippen molar-refractivity contribution in [3.05, 3.63) is 309 Å².